The van der Waals surface area contributed by atoms with Crippen LogP contribution in [-0.2, 0) is 0 Å². The first-order valence-corrected chi connectivity index (χ1v) is 21.8. The zero-order valence-corrected chi connectivity index (χ0v) is 35.6. The Bertz CT molecular complexity index is 4160. The molecule has 0 aliphatic carbocycles. The Morgan fingerprint density at radius 2 is 0.766 bits per heavy atom. The molecule has 0 aliphatic heterocycles. The van der Waals surface area contributed by atoms with E-state index in [1.165, 1.54) is 0 Å². The lowest BCUT2D eigenvalue weighted by atomic mass is 10.0. The maximum atomic E-state index is 9.26. The van der Waals surface area contributed by atoms with Gasteiger partial charge in [-0.05, 0) is 108 Å². The van der Waals surface area contributed by atoms with Gasteiger partial charge in [-0.25, -0.2) is 0 Å². The van der Waals surface area contributed by atoms with Crippen molar-refractivity contribution in [2.24, 2.45) is 0 Å². The second-order valence-corrected chi connectivity index (χ2v) is 17.4. The molecule has 13 rings (SSSR count). The number of benzene rings is 9. The summed E-state index contributed by atoms with van der Waals surface area (Å²) in [4.78, 5) is 3.65. The van der Waals surface area contributed by atoms with Gasteiger partial charge in [-0.3, -0.25) is 0 Å². The van der Waals surface area contributed by atoms with Crippen molar-refractivity contribution in [3.05, 3.63) is 205 Å². The van der Waals surface area contributed by atoms with Crippen molar-refractivity contribution >= 4 is 110 Å². The first kappa shape index (κ1) is 28.0. The minimum absolute atomic E-state index is 0.0621. The largest absolute Gasteiger partial charge is 0.310 e. The van der Waals surface area contributed by atoms with Gasteiger partial charge < -0.3 is 18.6 Å². The summed E-state index contributed by atoms with van der Waals surface area (Å²) in [5, 5.41) is 7.61. The molecule has 64 heavy (non-hydrogen) atoms. The molecule has 0 N–H and O–H groups in total. The molecule has 0 saturated carbocycles. The molecule has 0 atom stereocenters. The Kier molecular flexibility index (Phi) is 6.05. The molecule has 0 aliphatic rings. The summed E-state index contributed by atoms with van der Waals surface area (Å²) in [6, 6.07) is 41.4. The van der Waals surface area contributed by atoms with Crippen LogP contribution in [0, 0.1) is 0 Å². The van der Waals surface area contributed by atoms with E-state index in [4.69, 9.17) is 8.22 Å². The number of hydrogen-bond acceptors (Lipinski definition) is 2. The van der Waals surface area contributed by atoms with Crippen LogP contribution in [0.4, 0.5) is 34.1 Å². The van der Waals surface area contributed by atoms with E-state index >= 15 is 0 Å². The van der Waals surface area contributed by atoms with E-state index in [2.05, 4.69) is 85.0 Å². The standard InChI is InChI=1S/C60H46N4/c1-37(2)39-23-27-43(28-24-39)61(41-15-7-5-8-16-41)53-33-31-45-49-35-56-50(36-55(49)63-51-21-13-11-19-47(51)57(53)59(45)63)46-32-34-54(58-48-20-12-14-22-52(48)64(56)60(46)58)62(42-17-9-6-10-18-42)44-29-25-40(26-30-44)38(3)4/h5-38H,1-4H3/i5D,6D,7D,8D,9D,10D,15D,16D,17D,18D. The van der Waals surface area contributed by atoms with Crippen LogP contribution >= 0.6 is 0 Å². The SMILES string of the molecule is [2H]c1c([2H])c([2H])c(N(c2ccc(C(C)C)cc2)c2ccc3c4cc5c(cc4n4c6ccccc6c2c34)c2ccc(N(c3ccc(C(C)C)cc3)c3c([2H])c([2H])c([2H])c([2H])c3[2H])c3c4ccccc4n5c23)c([2H])c1[2H]. The highest BCUT2D eigenvalue weighted by Crippen LogP contribution is 2.51. The molecule has 13 aromatic rings. The van der Waals surface area contributed by atoms with Gasteiger partial charge in [0.15, 0.2) is 0 Å². The molecule has 9 aromatic carbocycles. The number of nitrogens with zero attached hydrogens (tertiary/aromatic N) is 4. The Morgan fingerprint density at radius 1 is 0.375 bits per heavy atom. The number of aromatic nitrogens is 2. The van der Waals surface area contributed by atoms with Gasteiger partial charge in [0, 0.05) is 65.8 Å². The first-order chi connectivity index (χ1) is 35.6. The fraction of sp³-hybridized carbons (Fsp3) is 0.100. The lowest BCUT2D eigenvalue weighted by Gasteiger charge is -2.27. The molecule has 4 nitrogen and oxygen atoms in total. The Hall–Kier alpha value is -7.82. The van der Waals surface area contributed by atoms with Crippen molar-refractivity contribution in [1.29, 1.82) is 0 Å². The summed E-state index contributed by atoms with van der Waals surface area (Å²) in [6.45, 7) is 8.48. The van der Waals surface area contributed by atoms with Gasteiger partial charge in [0.2, 0.25) is 0 Å². The summed E-state index contributed by atoms with van der Waals surface area (Å²) in [5.74, 6) is 0.509. The number of para-hydroxylation sites is 4. The average Bonchev–Trinajstić information content (AvgIpc) is 4.18. The van der Waals surface area contributed by atoms with Gasteiger partial charge in [0.25, 0.3) is 0 Å². The molecular formula is C60H46N4. The van der Waals surface area contributed by atoms with Gasteiger partial charge >= 0.3 is 0 Å². The molecule has 0 unspecified atom stereocenters. The quantitative estimate of drug-likeness (QED) is 0.152. The summed E-state index contributed by atoms with van der Waals surface area (Å²) >= 11 is 0. The fourth-order valence-corrected chi connectivity index (χ4v) is 10.3. The van der Waals surface area contributed by atoms with Crippen molar-refractivity contribution in [1.82, 2.24) is 8.80 Å². The van der Waals surface area contributed by atoms with E-state index < -0.39 is 36.3 Å². The zero-order chi connectivity index (χ0) is 51.5. The lowest BCUT2D eigenvalue weighted by molar-refractivity contribution is 0.866. The predicted octanol–water partition coefficient (Wildman–Crippen LogP) is 17.2. The third-order valence-electron chi connectivity index (χ3n) is 13.3. The van der Waals surface area contributed by atoms with E-state index in [1.54, 1.807) is 0 Å². The second-order valence-electron chi connectivity index (χ2n) is 17.4. The van der Waals surface area contributed by atoms with Crippen molar-refractivity contribution in [3.63, 3.8) is 0 Å². The molecule has 0 fully saturated rings. The smallest absolute Gasteiger partial charge is 0.0645 e. The third kappa shape index (κ3) is 5.17. The lowest BCUT2D eigenvalue weighted by Crippen LogP contribution is -2.10. The van der Waals surface area contributed by atoms with Crippen molar-refractivity contribution < 1.29 is 13.7 Å². The van der Waals surface area contributed by atoms with E-state index in [0.29, 0.717) is 22.7 Å². The summed E-state index contributed by atoms with van der Waals surface area (Å²) < 4.78 is 93.7. The minimum Gasteiger partial charge on any atom is -0.310 e. The van der Waals surface area contributed by atoms with Crippen LogP contribution in [0.2, 0.25) is 0 Å². The molecule has 0 bridgehead atoms. The van der Waals surface area contributed by atoms with Gasteiger partial charge in [0.1, 0.15) is 0 Å². The van der Waals surface area contributed by atoms with Gasteiger partial charge in [-0.1, -0.05) is 137 Å². The predicted molar refractivity (Wildman–Crippen MR) is 273 cm³/mol. The normalized spacial score (nSPS) is 14.5. The summed E-state index contributed by atoms with van der Waals surface area (Å²) in [5.41, 5.74) is 10.7. The molecule has 4 aromatic heterocycles. The van der Waals surface area contributed by atoms with Crippen LogP contribution in [0.3, 0.4) is 0 Å². The topological polar surface area (TPSA) is 15.3 Å². The molecule has 0 saturated heterocycles. The molecule has 0 radical (unpaired) electrons. The molecule has 4 heteroatoms. The van der Waals surface area contributed by atoms with Gasteiger partial charge in [0.05, 0.1) is 58.2 Å². The molecule has 0 amide bonds. The Morgan fingerprint density at radius 3 is 1.16 bits per heavy atom. The second kappa shape index (κ2) is 13.8. The van der Waals surface area contributed by atoms with Crippen LogP contribution < -0.4 is 9.80 Å². The van der Waals surface area contributed by atoms with Crippen molar-refractivity contribution in [2.45, 2.75) is 39.5 Å². The third-order valence-corrected chi connectivity index (χ3v) is 13.3. The number of hydrogen-bond donors (Lipinski definition) is 0. The van der Waals surface area contributed by atoms with Crippen molar-refractivity contribution in [2.75, 3.05) is 9.80 Å². The van der Waals surface area contributed by atoms with E-state index in [9.17, 15) is 5.48 Å². The summed E-state index contributed by atoms with van der Waals surface area (Å²) in [7, 11) is 0. The monoisotopic (exact) mass is 832 g/mol. The van der Waals surface area contributed by atoms with E-state index in [0.717, 1.165) is 87.3 Å². The Labute approximate surface area is 386 Å². The van der Waals surface area contributed by atoms with Crippen LogP contribution in [0.5, 0.6) is 0 Å². The van der Waals surface area contributed by atoms with Crippen LogP contribution in [0.15, 0.2) is 194 Å². The number of rotatable bonds is 8. The number of fused-ring (bicyclic) bond motifs is 12. The molecule has 306 valence electrons. The fourth-order valence-electron chi connectivity index (χ4n) is 10.3. The average molecular weight is 833 g/mol. The number of anilines is 6. The highest BCUT2D eigenvalue weighted by molar-refractivity contribution is 6.32. The van der Waals surface area contributed by atoms with Gasteiger partial charge in [-0.15, -0.1) is 0 Å². The first-order valence-electron chi connectivity index (χ1n) is 26.8. The highest BCUT2D eigenvalue weighted by atomic mass is 15.2. The maximum Gasteiger partial charge on any atom is 0.0645 e. The molecular weight excluding hydrogens is 777 g/mol. The van der Waals surface area contributed by atoms with Crippen molar-refractivity contribution in [3.8, 4) is 0 Å². The minimum atomic E-state index is -0.453. The van der Waals surface area contributed by atoms with E-state index in [-0.39, 0.29) is 47.4 Å². The highest BCUT2D eigenvalue weighted by Gasteiger charge is 2.28. The Balaban J connectivity index is 1.12. The van der Waals surface area contributed by atoms with Crippen LogP contribution in [-0.4, -0.2) is 8.80 Å². The van der Waals surface area contributed by atoms with E-state index in [1.807, 2.05) is 94.7 Å². The van der Waals surface area contributed by atoms with Gasteiger partial charge in [-0.2, -0.15) is 0 Å². The van der Waals surface area contributed by atoms with Crippen LogP contribution in [0.25, 0.3) is 76.2 Å². The van der Waals surface area contributed by atoms with Crippen LogP contribution in [0.1, 0.15) is 64.4 Å². The molecule has 4 heterocycles. The zero-order valence-electron chi connectivity index (χ0n) is 45.6. The maximum absolute atomic E-state index is 9.26. The summed E-state index contributed by atoms with van der Waals surface area (Å²) in [6.07, 6.45) is 0. The molecule has 0 spiro atoms.